The molecule has 0 aliphatic carbocycles. The Morgan fingerprint density at radius 3 is 2.51 bits per heavy atom. The minimum atomic E-state index is -4.25. The van der Waals surface area contributed by atoms with Crippen LogP contribution in [0.1, 0.15) is 49.6 Å². The maximum Gasteiger partial charge on any atom is 0.387 e. The molecule has 0 amide bonds. The number of hydrogen-bond acceptors (Lipinski definition) is 8. The first-order valence-electron chi connectivity index (χ1n) is 13.2. The van der Waals surface area contributed by atoms with Gasteiger partial charge in [-0.1, -0.05) is 6.07 Å². The number of aliphatic hydroxyl groups is 1. The molecule has 1 unspecified atom stereocenters. The van der Waals surface area contributed by atoms with Crippen molar-refractivity contribution in [3.63, 3.8) is 0 Å². The van der Waals surface area contributed by atoms with Gasteiger partial charge in [-0.3, -0.25) is 9.29 Å². The minimum absolute atomic E-state index is 0.0861. The SMILES string of the molecule is CC(C)(O)c1ncc(-c2cc3c(cc2F)nc2n3C3C[C@H]2N(S(=O)(=O)c2cccnc2)c2cccc(OC(F)F)c23)cn1. The molecule has 5 heterocycles. The molecular formula is C29H23F3N6O4S. The van der Waals surface area contributed by atoms with Crippen LogP contribution in [-0.2, 0) is 15.6 Å². The van der Waals surface area contributed by atoms with Crippen molar-refractivity contribution in [3.05, 3.63) is 90.3 Å². The molecule has 0 saturated carbocycles. The van der Waals surface area contributed by atoms with Gasteiger partial charge in [0.1, 0.15) is 33.9 Å². The molecule has 0 spiro atoms. The predicted molar refractivity (Wildman–Crippen MR) is 148 cm³/mol. The normalized spacial score (nSPS) is 17.8. The van der Waals surface area contributed by atoms with Gasteiger partial charge >= 0.3 is 6.61 Å². The van der Waals surface area contributed by atoms with Gasteiger partial charge in [0.2, 0.25) is 0 Å². The number of sulfonamides is 1. The highest BCUT2D eigenvalue weighted by molar-refractivity contribution is 7.92. The number of alkyl halides is 2. The molecule has 2 aliphatic heterocycles. The van der Waals surface area contributed by atoms with Gasteiger partial charge in [0.05, 0.1) is 22.8 Å². The van der Waals surface area contributed by atoms with E-state index in [1.807, 2.05) is 0 Å². The third-order valence-corrected chi connectivity index (χ3v) is 9.48. The summed E-state index contributed by atoms with van der Waals surface area (Å²) in [4.78, 5) is 16.9. The van der Waals surface area contributed by atoms with Gasteiger partial charge in [0.25, 0.3) is 10.0 Å². The molecule has 2 atom stereocenters. The third-order valence-electron chi connectivity index (χ3n) is 7.68. The minimum Gasteiger partial charge on any atom is -0.434 e. The second-order valence-electron chi connectivity index (χ2n) is 10.8. The third kappa shape index (κ3) is 4.23. The van der Waals surface area contributed by atoms with Crippen LogP contribution in [0.2, 0.25) is 0 Å². The lowest BCUT2D eigenvalue weighted by atomic mass is 9.95. The number of fused-ring (bicyclic) bond motifs is 3. The van der Waals surface area contributed by atoms with Crippen LogP contribution >= 0.6 is 0 Å². The highest BCUT2D eigenvalue weighted by Gasteiger charge is 2.50. The van der Waals surface area contributed by atoms with Crippen molar-refractivity contribution in [3.8, 4) is 16.9 Å². The van der Waals surface area contributed by atoms with Crippen LogP contribution in [0.4, 0.5) is 18.9 Å². The van der Waals surface area contributed by atoms with Gasteiger partial charge in [0.15, 0.2) is 5.82 Å². The van der Waals surface area contributed by atoms with Crippen molar-refractivity contribution in [2.75, 3.05) is 4.31 Å². The van der Waals surface area contributed by atoms with Gasteiger partial charge < -0.3 is 14.4 Å². The van der Waals surface area contributed by atoms with Gasteiger partial charge in [-0.2, -0.15) is 8.78 Å². The molecule has 14 heteroatoms. The van der Waals surface area contributed by atoms with E-state index >= 15 is 4.39 Å². The smallest absolute Gasteiger partial charge is 0.387 e. The Kier molecular flexibility index (Phi) is 6.01. The van der Waals surface area contributed by atoms with Crippen molar-refractivity contribution in [1.82, 2.24) is 24.5 Å². The number of nitrogens with zero attached hydrogens (tertiary/aromatic N) is 6. The average molecular weight is 609 g/mol. The maximum atomic E-state index is 15.5. The second kappa shape index (κ2) is 9.47. The monoisotopic (exact) mass is 608 g/mol. The van der Waals surface area contributed by atoms with E-state index in [0.717, 1.165) is 0 Å². The van der Waals surface area contributed by atoms with Crippen molar-refractivity contribution >= 4 is 26.7 Å². The van der Waals surface area contributed by atoms with E-state index in [4.69, 9.17) is 4.74 Å². The summed E-state index contributed by atoms with van der Waals surface area (Å²) in [6.45, 7) is -0.0890. The molecule has 2 aliphatic rings. The Morgan fingerprint density at radius 2 is 1.84 bits per heavy atom. The molecule has 220 valence electrons. The number of imidazole rings is 1. The van der Waals surface area contributed by atoms with Crippen molar-refractivity contribution in [2.45, 2.75) is 49.5 Å². The number of benzene rings is 2. The van der Waals surface area contributed by atoms with Gasteiger partial charge in [-0.25, -0.2) is 27.8 Å². The van der Waals surface area contributed by atoms with E-state index in [1.54, 1.807) is 16.7 Å². The summed E-state index contributed by atoms with van der Waals surface area (Å²) in [6.07, 6.45) is 5.64. The van der Waals surface area contributed by atoms with E-state index in [1.165, 1.54) is 73.3 Å². The Morgan fingerprint density at radius 1 is 1.07 bits per heavy atom. The summed E-state index contributed by atoms with van der Waals surface area (Å²) in [5.41, 5.74) is 0.340. The quantitative estimate of drug-likeness (QED) is 0.283. The molecule has 1 N–H and O–H groups in total. The summed E-state index contributed by atoms with van der Waals surface area (Å²) in [5.74, 6) is -0.294. The number of hydrogen-bond donors (Lipinski definition) is 1. The number of ether oxygens (including phenoxy) is 1. The Hall–Kier alpha value is -4.56. The van der Waals surface area contributed by atoms with Crippen LogP contribution in [0.3, 0.4) is 0 Å². The molecule has 2 bridgehead atoms. The van der Waals surface area contributed by atoms with Crippen LogP contribution < -0.4 is 9.04 Å². The van der Waals surface area contributed by atoms with Gasteiger partial charge in [0, 0.05) is 54.0 Å². The van der Waals surface area contributed by atoms with Crippen molar-refractivity contribution < 1.29 is 31.4 Å². The van der Waals surface area contributed by atoms with Crippen molar-refractivity contribution in [1.29, 1.82) is 0 Å². The first-order valence-corrected chi connectivity index (χ1v) is 14.7. The van der Waals surface area contributed by atoms with Crippen LogP contribution in [0.15, 0.2) is 72.1 Å². The lowest BCUT2D eigenvalue weighted by Crippen LogP contribution is -2.37. The predicted octanol–water partition coefficient (Wildman–Crippen LogP) is 5.10. The summed E-state index contributed by atoms with van der Waals surface area (Å²) in [5, 5.41) is 10.2. The number of rotatable bonds is 6. The molecule has 0 fully saturated rings. The molecule has 43 heavy (non-hydrogen) atoms. The largest absolute Gasteiger partial charge is 0.434 e. The Labute approximate surface area is 243 Å². The van der Waals surface area contributed by atoms with E-state index < -0.39 is 40.1 Å². The summed E-state index contributed by atoms with van der Waals surface area (Å²) < 4.78 is 78.5. The van der Waals surface area contributed by atoms with E-state index in [9.17, 15) is 22.3 Å². The van der Waals surface area contributed by atoms with E-state index in [0.29, 0.717) is 16.9 Å². The molecule has 7 rings (SSSR count). The highest BCUT2D eigenvalue weighted by Crippen LogP contribution is 2.56. The number of anilines is 1. The van der Waals surface area contributed by atoms with Gasteiger partial charge in [-0.15, -0.1) is 0 Å². The average Bonchev–Trinajstić information content (AvgIpc) is 3.47. The Bertz CT molecular complexity index is 2000. The summed E-state index contributed by atoms with van der Waals surface area (Å²) in [6, 6.07) is 8.59. The van der Waals surface area contributed by atoms with E-state index in [-0.39, 0.29) is 45.2 Å². The molecule has 2 aromatic carbocycles. The van der Waals surface area contributed by atoms with Crippen LogP contribution in [0.25, 0.3) is 22.2 Å². The first kappa shape index (κ1) is 27.3. The highest BCUT2D eigenvalue weighted by atomic mass is 32.2. The number of halogens is 3. The zero-order valence-corrected chi connectivity index (χ0v) is 23.5. The lowest BCUT2D eigenvalue weighted by Gasteiger charge is -2.36. The van der Waals surface area contributed by atoms with Crippen LogP contribution in [-0.4, -0.2) is 44.6 Å². The topological polar surface area (TPSA) is 123 Å². The fraction of sp³-hybridized carbons (Fsp3) is 0.241. The zero-order chi connectivity index (χ0) is 30.3. The standard InChI is InChI=1S/C29H23F3N6O4S/c1-29(2,39)27-34-12-15(13-35-27)17-9-21-19(10-18(17)30)36-26-23-11-22(37(21)26)25-20(6-3-7-24(25)42-28(31)32)38(23)43(40,41)16-5-4-8-33-14-16/h3-10,12-14,22-23,28,39H,11H2,1-2H3/t22?,23-/m1/s1. The van der Waals surface area contributed by atoms with Crippen LogP contribution in [0.5, 0.6) is 5.75 Å². The summed E-state index contributed by atoms with van der Waals surface area (Å²) in [7, 11) is -4.25. The fourth-order valence-corrected chi connectivity index (χ4v) is 7.51. The van der Waals surface area contributed by atoms with Crippen LogP contribution in [0, 0.1) is 5.82 Å². The number of pyridine rings is 1. The molecule has 5 aromatic rings. The molecule has 0 saturated heterocycles. The number of aromatic nitrogens is 5. The zero-order valence-electron chi connectivity index (χ0n) is 22.7. The first-order chi connectivity index (χ1) is 20.4. The fourth-order valence-electron chi connectivity index (χ4n) is 5.91. The lowest BCUT2D eigenvalue weighted by molar-refractivity contribution is -0.0506. The summed E-state index contributed by atoms with van der Waals surface area (Å²) >= 11 is 0. The van der Waals surface area contributed by atoms with Gasteiger partial charge in [-0.05, 0) is 44.2 Å². The van der Waals surface area contributed by atoms with E-state index in [2.05, 4.69) is 19.9 Å². The molecule has 0 radical (unpaired) electrons. The van der Waals surface area contributed by atoms with Crippen molar-refractivity contribution in [2.24, 2.45) is 0 Å². The maximum absolute atomic E-state index is 15.5. The Balaban J connectivity index is 1.45. The second-order valence-corrected chi connectivity index (χ2v) is 12.7. The molecule has 10 nitrogen and oxygen atoms in total. The molecular weight excluding hydrogens is 585 g/mol. The molecule has 3 aromatic heterocycles.